The van der Waals surface area contributed by atoms with E-state index in [0.29, 0.717) is 24.0 Å². The number of hydrogen-bond acceptors (Lipinski definition) is 3. The highest BCUT2D eigenvalue weighted by Gasteiger charge is 2.50. The minimum atomic E-state index is -0.891. The lowest BCUT2D eigenvalue weighted by Gasteiger charge is -2.13. The highest BCUT2D eigenvalue weighted by molar-refractivity contribution is 6.15. The van der Waals surface area contributed by atoms with Crippen molar-refractivity contribution in [3.8, 4) is 0 Å². The largest absolute Gasteiger partial charge is 0.481 e. The van der Waals surface area contributed by atoms with Crippen molar-refractivity contribution in [2.75, 3.05) is 6.54 Å². The Bertz CT molecular complexity index is 897. The van der Waals surface area contributed by atoms with Crippen LogP contribution in [0.25, 0.3) is 0 Å². The Hall–Kier alpha value is -2.95. The van der Waals surface area contributed by atoms with Crippen LogP contribution in [0.15, 0.2) is 42.5 Å². The highest BCUT2D eigenvalue weighted by Crippen LogP contribution is 2.45. The van der Waals surface area contributed by atoms with E-state index in [-0.39, 0.29) is 17.9 Å². The second kappa shape index (κ2) is 6.75. The fourth-order valence-corrected chi connectivity index (χ4v) is 2.88. The van der Waals surface area contributed by atoms with Gasteiger partial charge in [0.2, 0.25) is 0 Å². The maximum atomic E-state index is 12.9. The van der Waals surface area contributed by atoms with Gasteiger partial charge in [-0.3, -0.25) is 14.4 Å². The first-order chi connectivity index (χ1) is 12.3. The van der Waals surface area contributed by atoms with Crippen LogP contribution in [0.2, 0.25) is 0 Å². The molecule has 1 aliphatic carbocycles. The molecule has 0 atom stereocenters. The van der Waals surface area contributed by atoms with Crippen molar-refractivity contribution in [2.24, 2.45) is 5.41 Å². The van der Waals surface area contributed by atoms with Crippen LogP contribution < -0.4 is 5.32 Å². The van der Waals surface area contributed by atoms with E-state index in [1.165, 1.54) is 0 Å². The summed E-state index contributed by atoms with van der Waals surface area (Å²) in [5, 5.41) is 11.9. The van der Waals surface area contributed by atoms with E-state index in [1.807, 2.05) is 26.0 Å². The molecule has 1 saturated carbocycles. The average Bonchev–Trinajstić information content (AvgIpc) is 3.43. The molecule has 5 heteroatoms. The zero-order valence-corrected chi connectivity index (χ0v) is 14.8. The van der Waals surface area contributed by atoms with E-state index in [1.54, 1.807) is 30.3 Å². The van der Waals surface area contributed by atoms with Gasteiger partial charge in [-0.25, -0.2) is 0 Å². The molecule has 1 fully saturated rings. The number of carbonyl (C=O) groups excluding carboxylic acids is 2. The molecule has 0 aromatic heterocycles. The number of aliphatic carboxylic acids is 1. The number of carboxylic acid groups (broad SMARTS) is 1. The number of hydrogen-bond donors (Lipinski definition) is 2. The number of nitrogens with one attached hydrogen (secondary N) is 1. The monoisotopic (exact) mass is 351 g/mol. The van der Waals surface area contributed by atoms with Gasteiger partial charge in [-0.15, -0.1) is 0 Å². The predicted octanol–water partition coefficient (Wildman–Crippen LogP) is 3.13. The van der Waals surface area contributed by atoms with Gasteiger partial charge in [0, 0.05) is 17.7 Å². The van der Waals surface area contributed by atoms with Crippen LogP contribution >= 0.6 is 0 Å². The van der Waals surface area contributed by atoms with Crippen molar-refractivity contribution in [1.82, 2.24) is 5.32 Å². The summed E-state index contributed by atoms with van der Waals surface area (Å²) in [5.41, 5.74) is 2.36. The molecule has 0 bridgehead atoms. The Kier molecular flexibility index (Phi) is 4.64. The van der Waals surface area contributed by atoms with Crippen molar-refractivity contribution in [3.63, 3.8) is 0 Å². The van der Waals surface area contributed by atoms with E-state index in [4.69, 9.17) is 0 Å². The number of aryl methyl sites for hydroxylation is 2. The zero-order valence-electron chi connectivity index (χ0n) is 14.8. The average molecular weight is 351 g/mol. The van der Waals surface area contributed by atoms with E-state index in [9.17, 15) is 19.5 Å². The van der Waals surface area contributed by atoms with Crippen molar-refractivity contribution in [3.05, 3.63) is 70.3 Å². The Morgan fingerprint density at radius 3 is 2.23 bits per heavy atom. The third kappa shape index (κ3) is 3.38. The van der Waals surface area contributed by atoms with Gasteiger partial charge in [-0.05, 0) is 49.9 Å². The maximum Gasteiger partial charge on any atom is 0.311 e. The summed E-state index contributed by atoms with van der Waals surface area (Å²) in [5.74, 6) is -1.54. The number of amides is 1. The molecule has 134 valence electrons. The molecule has 5 nitrogen and oxygen atoms in total. The van der Waals surface area contributed by atoms with Crippen molar-refractivity contribution >= 4 is 17.7 Å². The summed E-state index contributed by atoms with van der Waals surface area (Å²) in [7, 11) is 0. The Morgan fingerprint density at radius 2 is 1.65 bits per heavy atom. The Morgan fingerprint density at radius 1 is 1.00 bits per heavy atom. The summed E-state index contributed by atoms with van der Waals surface area (Å²) in [6, 6.07) is 12.1. The van der Waals surface area contributed by atoms with Crippen molar-refractivity contribution < 1.29 is 19.5 Å². The summed E-state index contributed by atoms with van der Waals surface area (Å²) in [6.07, 6.45) is 1.12. The molecule has 0 unspecified atom stereocenters. The first-order valence-corrected chi connectivity index (χ1v) is 8.57. The second-order valence-corrected chi connectivity index (χ2v) is 6.94. The fourth-order valence-electron chi connectivity index (χ4n) is 2.88. The van der Waals surface area contributed by atoms with Crippen LogP contribution in [0.4, 0.5) is 0 Å². The molecule has 1 aliphatic rings. The van der Waals surface area contributed by atoms with E-state index in [2.05, 4.69) is 5.32 Å². The normalized spacial score (nSPS) is 14.5. The molecule has 3 rings (SSSR count). The summed E-state index contributed by atoms with van der Waals surface area (Å²) in [6.45, 7) is 3.99. The molecule has 26 heavy (non-hydrogen) atoms. The highest BCUT2D eigenvalue weighted by atomic mass is 16.4. The van der Waals surface area contributed by atoms with Gasteiger partial charge in [-0.2, -0.15) is 0 Å². The van der Waals surface area contributed by atoms with Gasteiger partial charge in [-0.1, -0.05) is 30.3 Å². The third-order valence-electron chi connectivity index (χ3n) is 5.08. The van der Waals surface area contributed by atoms with Crippen LogP contribution in [0.1, 0.15) is 50.2 Å². The third-order valence-corrected chi connectivity index (χ3v) is 5.08. The fraction of sp³-hybridized carbons (Fsp3) is 0.286. The number of carboxylic acids is 1. The molecule has 2 aromatic carbocycles. The molecule has 0 saturated heterocycles. The minimum Gasteiger partial charge on any atom is -0.481 e. The van der Waals surface area contributed by atoms with Gasteiger partial charge in [0.25, 0.3) is 5.91 Å². The lowest BCUT2D eigenvalue weighted by molar-refractivity contribution is -0.143. The van der Waals surface area contributed by atoms with Gasteiger partial charge >= 0.3 is 5.97 Å². The number of ketones is 1. The second-order valence-electron chi connectivity index (χ2n) is 6.94. The topological polar surface area (TPSA) is 83.5 Å². The van der Waals surface area contributed by atoms with Crippen LogP contribution in [0.5, 0.6) is 0 Å². The molecule has 0 heterocycles. The molecule has 2 N–H and O–H groups in total. The SMILES string of the molecule is Cc1ccc(C(=O)c2ccccc2C(=O)NCC2(C(=O)O)CC2)cc1C. The molecular formula is C21H21NO4. The first kappa shape index (κ1) is 17.9. The predicted molar refractivity (Wildman–Crippen MR) is 97.4 cm³/mol. The molecule has 1 amide bonds. The van der Waals surface area contributed by atoms with Crippen LogP contribution in [-0.4, -0.2) is 29.3 Å². The van der Waals surface area contributed by atoms with Gasteiger partial charge in [0.05, 0.1) is 11.0 Å². The maximum absolute atomic E-state index is 12.9. The lowest BCUT2D eigenvalue weighted by atomic mass is 9.95. The quantitative estimate of drug-likeness (QED) is 0.783. The lowest BCUT2D eigenvalue weighted by Crippen LogP contribution is -2.34. The number of carbonyl (C=O) groups is 3. The summed E-state index contributed by atoms with van der Waals surface area (Å²) < 4.78 is 0. The zero-order chi connectivity index (χ0) is 18.9. The van der Waals surface area contributed by atoms with Gasteiger partial charge in [0.1, 0.15) is 0 Å². The van der Waals surface area contributed by atoms with Gasteiger partial charge in [0.15, 0.2) is 5.78 Å². The van der Waals surface area contributed by atoms with Crippen LogP contribution in [0, 0.1) is 19.3 Å². The molecule has 0 radical (unpaired) electrons. The standard InChI is InChI=1S/C21H21NO4/c1-13-7-8-15(11-14(13)2)18(23)16-5-3-4-6-17(16)19(24)22-12-21(9-10-21)20(25)26/h3-8,11H,9-10,12H2,1-2H3,(H,22,24)(H,25,26). The van der Waals surface area contributed by atoms with Crippen LogP contribution in [-0.2, 0) is 4.79 Å². The molecule has 0 aliphatic heterocycles. The van der Waals surface area contributed by atoms with Crippen molar-refractivity contribution in [2.45, 2.75) is 26.7 Å². The Balaban J connectivity index is 1.83. The first-order valence-electron chi connectivity index (χ1n) is 8.57. The molecule has 2 aromatic rings. The van der Waals surface area contributed by atoms with E-state index in [0.717, 1.165) is 11.1 Å². The summed E-state index contributed by atoms with van der Waals surface area (Å²) >= 11 is 0. The molecule has 0 spiro atoms. The minimum absolute atomic E-state index is 0.0767. The van der Waals surface area contributed by atoms with E-state index < -0.39 is 17.3 Å². The van der Waals surface area contributed by atoms with Crippen molar-refractivity contribution in [1.29, 1.82) is 0 Å². The Labute approximate surface area is 152 Å². The number of rotatable bonds is 6. The smallest absolute Gasteiger partial charge is 0.311 e. The summed E-state index contributed by atoms with van der Waals surface area (Å²) in [4.78, 5) is 36.7. The van der Waals surface area contributed by atoms with Gasteiger partial charge < -0.3 is 10.4 Å². The molecular weight excluding hydrogens is 330 g/mol. The number of benzene rings is 2. The van der Waals surface area contributed by atoms with E-state index >= 15 is 0 Å². The van der Waals surface area contributed by atoms with Crippen LogP contribution in [0.3, 0.4) is 0 Å².